The fourth-order valence-corrected chi connectivity index (χ4v) is 4.48. The van der Waals surface area contributed by atoms with Gasteiger partial charge in [0.1, 0.15) is 5.52 Å². The van der Waals surface area contributed by atoms with Crippen LogP contribution < -0.4 is 4.90 Å². The summed E-state index contributed by atoms with van der Waals surface area (Å²) in [6, 6.07) is 12.6. The highest BCUT2D eigenvalue weighted by Gasteiger charge is 2.38. The van der Waals surface area contributed by atoms with Gasteiger partial charge in [0.25, 0.3) is 0 Å². The molecule has 0 spiro atoms. The molecule has 0 N–H and O–H groups in total. The van der Waals surface area contributed by atoms with Crippen LogP contribution in [-0.4, -0.2) is 50.6 Å². The number of imidazole rings is 1. The minimum absolute atomic E-state index is 0.370. The third kappa shape index (κ3) is 3.56. The van der Waals surface area contributed by atoms with Crippen LogP contribution in [-0.2, 0) is 11.3 Å². The molecule has 0 bridgehead atoms. The second kappa shape index (κ2) is 7.45. The first-order valence-corrected chi connectivity index (χ1v) is 11.4. The van der Waals surface area contributed by atoms with Crippen molar-refractivity contribution in [2.24, 2.45) is 5.41 Å². The zero-order valence-electron chi connectivity index (χ0n) is 18.7. The summed E-state index contributed by atoms with van der Waals surface area (Å²) in [6.45, 7) is 8.58. The van der Waals surface area contributed by atoms with Crippen molar-refractivity contribution in [1.82, 2.24) is 24.3 Å². The normalized spacial score (nSPS) is 17.8. The first kappa shape index (κ1) is 19.5. The van der Waals surface area contributed by atoms with E-state index in [1.165, 1.54) is 18.4 Å². The average Bonchev–Trinajstić information content (AvgIpc) is 3.19. The van der Waals surface area contributed by atoms with Crippen LogP contribution in [0.15, 0.2) is 48.9 Å². The maximum atomic E-state index is 5.59. The zero-order chi connectivity index (χ0) is 21.7. The van der Waals surface area contributed by atoms with Crippen molar-refractivity contribution in [3.05, 3.63) is 54.5 Å². The Morgan fingerprint density at radius 3 is 2.72 bits per heavy atom. The number of pyridine rings is 1. The number of benzene rings is 1. The number of aromatic nitrogens is 5. The quantitative estimate of drug-likeness (QED) is 0.476. The Kier molecular flexibility index (Phi) is 4.54. The molecule has 0 amide bonds. The van der Waals surface area contributed by atoms with Crippen molar-refractivity contribution >= 4 is 16.9 Å². The van der Waals surface area contributed by atoms with Crippen molar-refractivity contribution in [2.45, 2.75) is 33.2 Å². The molecule has 0 unspecified atom stereocenters. The number of hydrogen-bond acceptors (Lipinski definition) is 5. The number of aryl methyl sites for hydroxylation is 1. The number of ether oxygens (including phenoxy) is 1. The van der Waals surface area contributed by atoms with Crippen molar-refractivity contribution < 1.29 is 4.74 Å². The lowest BCUT2D eigenvalue weighted by molar-refractivity contribution is 0.123. The Morgan fingerprint density at radius 1 is 1.09 bits per heavy atom. The van der Waals surface area contributed by atoms with Crippen LogP contribution in [0.5, 0.6) is 0 Å². The first-order chi connectivity index (χ1) is 15.6. The van der Waals surface area contributed by atoms with Crippen LogP contribution in [0.2, 0.25) is 0 Å². The first-order valence-electron chi connectivity index (χ1n) is 11.4. The van der Waals surface area contributed by atoms with E-state index in [0.717, 1.165) is 66.8 Å². The van der Waals surface area contributed by atoms with Crippen LogP contribution in [0.4, 0.5) is 5.69 Å². The molecule has 1 saturated carbocycles. The Hall–Kier alpha value is -3.19. The van der Waals surface area contributed by atoms with E-state index in [2.05, 4.69) is 59.7 Å². The summed E-state index contributed by atoms with van der Waals surface area (Å²) in [5.41, 5.74) is 6.67. The largest absolute Gasteiger partial charge is 0.378 e. The molecule has 2 aliphatic rings. The molecule has 3 aromatic heterocycles. The number of morpholine rings is 1. The molecule has 0 atom stereocenters. The summed E-state index contributed by atoms with van der Waals surface area (Å²) in [6.07, 6.45) is 6.48. The van der Waals surface area contributed by atoms with Gasteiger partial charge in [-0.05, 0) is 37.3 Å². The number of rotatable bonds is 5. The van der Waals surface area contributed by atoms with Gasteiger partial charge in [-0.1, -0.05) is 30.7 Å². The summed E-state index contributed by atoms with van der Waals surface area (Å²) < 4.78 is 9.70. The summed E-state index contributed by atoms with van der Waals surface area (Å²) in [7, 11) is 0. The van der Waals surface area contributed by atoms with Crippen LogP contribution in [0.25, 0.3) is 28.2 Å². The second-order valence-electron chi connectivity index (χ2n) is 9.47. The maximum Gasteiger partial charge on any atom is 0.164 e. The van der Waals surface area contributed by atoms with E-state index in [9.17, 15) is 0 Å². The minimum atomic E-state index is 0.370. The van der Waals surface area contributed by atoms with Crippen molar-refractivity contribution in [2.75, 3.05) is 31.2 Å². The van der Waals surface area contributed by atoms with Crippen molar-refractivity contribution in [3.63, 3.8) is 0 Å². The molecule has 4 heterocycles. The molecule has 1 saturated heterocycles. The third-order valence-electron chi connectivity index (χ3n) is 6.68. The Labute approximate surface area is 187 Å². The molecule has 1 aliphatic carbocycles. The Balaban J connectivity index is 1.45. The smallest absolute Gasteiger partial charge is 0.164 e. The summed E-state index contributed by atoms with van der Waals surface area (Å²) in [5.74, 6) is 0.820. The highest BCUT2D eigenvalue weighted by molar-refractivity contribution is 5.87. The highest BCUT2D eigenvalue weighted by atomic mass is 16.5. The summed E-state index contributed by atoms with van der Waals surface area (Å²) in [5, 5.41) is 4.87. The van der Waals surface area contributed by atoms with Gasteiger partial charge in [-0.25, -0.2) is 14.6 Å². The van der Waals surface area contributed by atoms with E-state index >= 15 is 0 Å². The Bertz CT molecular complexity index is 1280. The summed E-state index contributed by atoms with van der Waals surface area (Å²) in [4.78, 5) is 12.2. The topological polar surface area (TPSA) is 61.0 Å². The number of nitrogens with zero attached hydrogens (tertiary/aromatic N) is 6. The third-order valence-corrected chi connectivity index (χ3v) is 6.68. The number of fused-ring (bicyclic) bond motifs is 1. The van der Waals surface area contributed by atoms with E-state index in [0.29, 0.717) is 5.41 Å². The van der Waals surface area contributed by atoms with Gasteiger partial charge in [0.15, 0.2) is 11.5 Å². The van der Waals surface area contributed by atoms with Crippen molar-refractivity contribution in [1.29, 1.82) is 0 Å². The molecule has 4 aromatic rings. The monoisotopic (exact) mass is 428 g/mol. The van der Waals surface area contributed by atoms with Gasteiger partial charge in [-0.2, -0.15) is 5.10 Å². The lowest BCUT2D eigenvalue weighted by atomic mass is 10.1. The molecule has 1 aliphatic heterocycles. The van der Waals surface area contributed by atoms with E-state index in [-0.39, 0.29) is 0 Å². The molecule has 7 heteroatoms. The number of hydrogen-bond donors (Lipinski definition) is 0. The van der Waals surface area contributed by atoms with Gasteiger partial charge < -0.3 is 14.2 Å². The van der Waals surface area contributed by atoms with Gasteiger partial charge in [-0.3, -0.25) is 0 Å². The zero-order valence-corrected chi connectivity index (χ0v) is 18.7. The SMILES string of the molecule is Cc1cccc(-c2ccn(-c3cc(N4CCOCC4)c4ncn(CC5(C)CC5)c4n3)n2)c1. The number of anilines is 1. The standard InChI is InChI=1S/C25H28N6O/c1-18-4-3-5-19(14-18)20-6-9-31(28-20)22-15-21(29-10-12-32-13-11-29)23-24(27-22)30(17-26-23)16-25(2)7-8-25/h3-6,9,14-15,17H,7-8,10-13,16H2,1-2H3. The fourth-order valence-electron chi connectivity index (χ4n) is 4.48. The predicted molar refractivity (Wildman–Crippen MR) is 125 cm³/mol. The predicted octanol–water partition coefficient (Wildman–Crippen LogP) is 4.23. The minimum Gasteiger partial charge on any atom is -0.378 e. The highest BCUT2D eigenvalue weighted by Crippen LogP contribution is 2.46. The fraction of sp³-hybridized carbons (Fsp3) is 0.400. The lowest BCUT2D eigenvalue weighted by Crippen LogP contribution is -2.36. The van der Waals surface area contributed by atoms with E-state index in [4.69, 9.17) is 19.8 Å². The lowest BCUT2D eigenvalue weighted by Gasteiger charge is -2.29. The van der Waals surface area contributed by atoms with Crippen molar-refractivity contribution in [3.8, 4) is 17.1 Å². The molecule has 32 heavy (non-hydrogen) atoms. The molecular weight excluding hydrogens is 400 g/mol. The molecule has 164 valence electrons. The van der Waals surface area contributed by atoms with E-state index < -0.39 is 0 Å². The van der Waals surface area contributed by atoms with Gasteiger partial charge >= 0.3 is 0 Å². The molecule has 7 nitrogen and oxygen atoms in total. The molecule has 0 radical (unpaired) electrons. The maximum absolute atomic E-state index is 5.59. The second-order valence-corrected chi connectivity index (χ2v) is 9.47. The van der Waals surface area contributed by atoms with Crippen LogP contribution in [0, 0.1) is 12.3 Å². The van der Waals surface area contributed by atoms with Gasteiger partial charge in [0.2, 0.25) is 0 Å². The van der Waals surface area contributed by atoms with Crippen LogP contribution in [0.3, 0.4) is 0 Å². The van der Waals surface area contributed by atoms with Gasteiger partial charge in [0.05, 0.1) is 30.9 Å². The van der Waals surface area contributed by atoms with E-state index in [1.54, 1.807) is 0 Å². The van der Waals surface area contributed by atoms with Gasteiger partial charge in [-0.15, -0.1) is 0 Å². The van der Waals surface area contributed by atoms with Crippen LogP contribution in [0.1, 0.15) is 25.3 Å². The molecule has 1 aromatic carbocycles. The summed E-state index contributed by atoms with van der Waals surface area (Å²) >= 11 is 0. The van der Waals surface area contributed by atoms with Crippen LogP contribution >= 0.6 is 0 Å². The molecule has 2 fully saturated rings. The molecule has 6 rings (SSSR count). The average molecular weight is 429 g/mol. The Morgan fingerprint density at radius 2 is 1.94 bits per heavy atom. The molecular formula is C25H28N6O. The van der Waals surface area contributed by atoms with E-state index in [1.807, 2.05) is 17.2 Å². The van der Waals surface area contributed by atoms with Gasteiger partial charge in [0, 0.05) is 37.5 Å².